The molecule has 0 saturated carbocycles. The first-order valence-electron chi connectivity index (χ1n) is 10.7. The lowest BCUT2D eigenvalue weighted by Crippen LogP contribution is -2.31. The van der Waals surface area contributed by atoms with Crippen LogP contribution < -0.4 is 0 Å². The number of hydroxylamine groups is 2. The van der Waals surface area contributed by atoms with Crippen molar-refractivity contribution in [3.05, 3.63) is 90.0 Å². The van der Waals surface area contributed by atoms with Crippen LogP contribution in [0.3, 0.4) is 0 Å². The molecule has 0 amide bonds. The summed E-state index contributed by atoms with van der Waals surface area (Å²) in [6.07, 6.45) is 6.29. The maximum atomic E-state index is 13.7. The SMILES string of the molecule is CCCC[C@H]1ON(Cc2ccccc2)[C@@H](c2ccccc2)[C@@H]1C(=O)c1nccn1C. The van der Waals surface area contributed by atoms with Crippen molar-refractivity contribution in [3.8, 4) is 0 Å². The lowest BCUT2D eigenvalue weighted by atomic mass is 9.84. The smallest absolute Gasteiger partial charge is 0.206 e. The zero-order chi connectivity index (χ0) is 20.9. The van der Waals surface area contributed by atoms with E-state index in [0.717, 1.165) is 30.4 Å². The van der Waals surface area contributed by atoms with Gasteiger partial charge in [-0.3, -0.25) is 9.63 Å². The van der Waals surface area contributed by atoms with Gasteiger partial charge in [0.25, 0.3) is 0 Å². The number of imidazole rings is 1. The average Bonchev–Trinajstić information content (AvgIpc) is 3.36. The Hall–Kier alpha value is -2.76. The summed E-state index contributed by atoms with van der Waals surface area (Å²) < 4.78 is 1.81. The molecule has 0 aliphatic carbocycles. The molecule has 3 aromatic rings. The predicted octanol–water partition coefficient (Wildman–Crippen LogP) is 4.97. The highest BCUT2D eigenvalue weighted by molar-refractivity contribution is 5.96. The summed E-state index contributed by atoms with van der Waals surface area (Å²) >= 11 is 0. The number of benzene rings is 2. The molecule has 5 nitrogen and oxygen atoms in total. The minimum atomic E-state index is -0.302. The zero-order valence-corrected chi connectivity index (χ0v) is 17.6. The molecule has 5 heteroatoms. The Morgan fingerprint density at radius 3 is 2.40 bits per heavy atom. The van der Waals surface area contributed by atoms with Crippen LogP contribution in [0, 0.1) is 5.92 Å². The minimum Gasteiger partial charge on any atom is -0.332 e. The normalized spacial score (nSPS) is 21.7. The largest absolute Gasteiger partial charge is 0.332 e. The molecular weight excluding hydrogens is 374 g/mol. The molecule has 2 aromatic carbocycles. The van der Waals surface area contributed by atoms with Crippen LogP contribution in [0.2, 0.25) is 0 Å². The number of Topliss-reactive ketones (excluding diaryl/α,β-unsaturated/α-hetero) is 1. The zero-order valence-electron chi connectivity index (χ0n) is 17.6. The van der Waals surface area contributed by atoms with E-state index in [1.54, 1.807) is 10.8 Å². The second kappa shape index (κ2) is 9.37. The highest BCUT2D eigenvalue weighted by Gasteiger charge is 2.48. The number of carbonyl (C=O) groups is 1. The molecule has 1 aromatic heterocycles. The van der Waals surface area contributed by atoms with Crippen LogP contribution in [0.4, 0.5) is 0 Å². The molecule has 0 spiro atoms. The van der Waals surface area contributed by atoms with E-state index < -0.39 is 0 Å². The van der Waals surface area contributed by atoms with Crippen LogP contribution in [-0.2, 0) is 18.4 Å². The van der Waals surface area contributed by atoms with Crippen molar-refractivity contribution in [2.45, 2.75) is 44.9 Å². The molecule has 1 fully saturated rings. The molecule has 30 heavy (non-hydrogen) atoms. The first-order valence-corrected chi connectivity index (χ1v) is 10.7. The Morgan fingerprint density at radius 1 is 1.07 bits per heavy atom. The molecule has 3 atom stereocenters. The Morgan fingerprint density at radius 2 is 1.77 bits per heavy atom. The van der Waals surface area contributed by atoms with Gasteiger partial charge >= 0.3 is 0 Å². The predicted molar refractivity (Wildman–Crippen MR) is 117 cm³/mol. The molecule has 4 rings (SSSR count). The first-order chi connectivity index (χ1) is 14.7. The van der Waals surface area contributed by atoms with Gasteiger partial charge in [-0.15, -0.1) is 0 Å². The lowest BCUT2D eigenvalue weighted by molar-refractivity contribution is -0.172. The summed E-state index contributed by atoms with van der Waals surface area (Å²) in [5, 5.41) is 2.01. The fourth-order valence-electron chi connectivity index (χ4n) is 4.31. The van der Waals surface area contributed by atoms with E-state index in [4.69, 9.17) is 4.84 Å². The van der Waals surface area contributed by atoms with Crippen molar-refractivity contribution in [2.75, 3.05) is 0 Å². The van der Waals surface area contributed by atoms with Gasteiger partial charge in [0, 0.05) is 26.0 Å². The molecule has 0 radical (unpaired) electrons. The Labute approximate surface area is 178 Å². The number of hydrogen-bond acceptors (Lipinski definition) is 4. The first kappa shape index (κ1) is 20.5. The number of unbranched alkanes of at least 4 members (excludes halogenated alkanes) is 1. The summed E-state index contributed by atoms with van der Waals surface area (Å²) in [5.41, 5.74) is 2.26. The molecule has 2 heterocycles. The number of aromatic nitrogens is 2. The number of ketones is 1. The average molecular weight is 404 g/mol. The fraction of sp³-hybridized carbons (Fsp3) is 0.360. The van der Waals surface area contributed by atoms with E-state index in [0.29, 0.717) is 12.4 Å². The highest BCUT2D eigenvalue weighted by Crippen LogP contribution is 2.43. The minimum absolute atomic E-state index is 0.0491. The van der Waals surface area contributed by atoms with E-state index in [9.17, 15) is 4.79 Å². The van der Waals surface area contributed by atoms with E-state index in [1.165, 1.54) is 0 Å². The van der Waals surface area contributed by atoms with Gasteiger partial charge in [-0.25, -0.2) is 4.98 Å². The third kappa shape index (κ3) is 4.23. The van der Waals surface area contributed by atoms with Crippen molar-refractivity contribution in [2.24, 2.45) is 13.0 Å². The summed E-state index contributed by atoms with van der Waals surface area (Å²) in [6.45, 7) is 2.80. The molecule has 1 aliphatic rings. The molecule has 1 saturated heterocycles. The fourth-order valence-corrected chi connectivity index (χ4v) is 4.31. The number of aryl methyl sites for hydroxylation is 1. The van der Waals surface area contributed by atoms with Gasteiger partial charge < -0.3 is 4.57 Å². The quantitative estimate of drug-likeness (QED) is 0.499. The number of rotatable bonds is 8. The van der Waals surface area contributed by atoms with E-state index in [2.05, 4.69) is 36.2 Å². The third-order valence-corrected chi connectivity index (χ3v) is 5.83. The van der Waals surface area contributed by atoms with Crippen molar-refractivity contribution < 1.29 is 9.63 Å². The van der Waals surface area contributed by atoms with Crippen LogP contribution in [0.15, 0.2) is 73.1 Å². The summed E-state index contributed by atoms with van der Waals surface area (Å²) in [7, 11) is 1.87. The summed E-state index contributed by atoms with van der Waals surface area (Å²) in [6, 6.07) is 20.4. The molecular formula is C25H29N3O2. The van der Waals surface area contributed by atoms with Gasteiger partial charge in [-0.2, -0.15) is 5.06 Å². The van der Waals surface area contributed by atoms with Crippen LogP contribution in [0.1, 0.15) is 54.0 Å². The maximum Gasteiger partial charge on any atom is 0.206 e. The van der Waals surface area contributed by atoms with Gasteiger partial charge in [-0.05, 0) is 17.5 Å². The van der Waals surface area contributed by atoms with Crippen LogP contribution >= 0.6 is 0 Å². The van der Waals surface area contributed by atoms with Gasteiger partial charge in [0.05, 0.1) is 18.1 Å². The Kier molecular flexibility index (Phi) is 6.41. The van der Waals surface area contributed by atoms with Gasteiger partial charge in [0.15, 0.2) is 5.82 Å². The van der Waals surface area contributed by atoms with Crippen molar-refractivity contribution in [3.63, 3.8) is 0 Å². The van der Waals surface area contributed by atoms with Gasteiger partial charge in [0.1, 0.15) is 0 Å². The summed E-state index contributed by atoms with van der Waals surface area (Å²) in [4.78, 5) is 24.5. The number of hydrogen-bond donors (Lipinski definition) is 0. The second-order valence-corrected chi connectivity index (χ2v) is 7.95. The Bertz CT molecular complexity index is 955. The number of nitrogens with zero attached hydrogens (tertiary/aromatic N) is 3. The molecule has 156 valence electrons. The van der Waals surface area contributed by atoms with Gasteiger partial charge in [0.2, 0.25) is 5.78 Å². The Balaban J connectivity index is 1.73. The number of carbonyl (C=O) groups excluding carboxylic acids is 1. The van der Waals surface area contributed by atoms with Crippen molar-refractivity contribution in [1.29, 1.82) is 0 Å². The molecule has 1 aliphatic heterocycles. The topological polar surface area (TPSA) is 47.4 Å². The summed E-state index contributed by atoms with van der Waals surface area (Å²) in [5.74, 6) is 0.240. The third-order valence-electron chi connectivity index (χ3n) is 5.83. The molecule has 0 N–H and O–H groups in total. The van der Waals surface area contributed by atoms with Crippen molar-refractivity contribution >= 4 is 5.78 Å². The van der Waals surface area contributed by atoms with E-state index in [-0.39, 0.29) is 23.8 Å². The monoisotopic (exact) mass is 403 g/mol. The van der Waals surface area contributed by atoms with E-state index >= 15 is 0 Å². The van der Waals surface area contributed by atoms with Crippen molar-refractivity contribution in [1.82, 2.24) is 14.6 Å². The van der Waals surface area contributed by atoms with Crippen LogP contribution in [0.25, 0.3) is 0 Å². The highest BCUT2D eigenvalue weighted by atomic mass is 16.7. The van der Waals surface area contributed by atoms with E-state index in [1.807, 2.05) is 54.7 Å². The van der Waals surface area contributed by atoms with Gasteiger partial charge in [-0.1, -0.05) is 80.4 Å². The maximum absolute atomic E-state index is 13.7. The lowest BCUT2D eigenvalue weighted by Gasteiger charge is -2.25. The van der Waals surface area contributed by atoms with Crippen LogP contribution in [-0.4, -0.2) is 26.5 Å². The second-order valence-electron chi connectivity index (χ2n) is 7.95. The standard InChI is InChI=1S/C25H29N3O2/c1-3-4-15-21-22(24(29)25-26-16-17-27(25)2)23(20-13-9-6-10-14-20)28(30-21)18-19-11-7-5-8-12-19/h5-14,16-17,21-23H,3-4,15,18H2,1-2H3/t21-,22-,23+/m1/s1. The molecule has 0 bridgehead atoms. The molecule has 0 unspecified atom stereocenters. The van der Waals surface area contributed by atoms with Crippen LogP contribution in [0.5, 0.6) is 0 Å².